The summed E-state index contributed by atoms with van der Waals surface area (Å²) in [5.74, 6) is 0.130. The first-order valence-electron chi connectivity index (χ1n) is 7.12. The lowest BCUT2D eigenvalue weighted by atomic mass is 10.0. The van der Waals surface area contributed by atoms with Crippen molar-refractivity contribution in [2.24, 2.45) is 5.73 Å². The minimum absolute atomic E-state index is 0.130. The standard InChI is InChI=1S/C15H23BrN4/c1-3-20-8-6-12(7-9-20)19(2)14-10-11(16)4-5-13(14)15(17)18/h4-5,10,12H,3,6-9H2,1-2H3,(H3,17,18). The molecule has 3 N–H and O–H groups in total. The van der Waals surface area contributed by atoms with E-state index in [1.54, 1.807) is 0 Å². The number of amidine groups is 1. The molecule has 0 atom stereocenters. The van der Waals surface area contributed by atoms with Crippen molar-refractivity contribution in [2.45, 2.75) is 25.8 Å². The van der Waals surface area contributed by atoms with Gasteiger partial charge in [-0.15, -0.1) is 0 Å². The van der Waals surface area contributed by atoms with Gasteiger partial charge in [0.1, 0.15) is 5.84 Å². The lowest BCUT2D eigenvalue weighted by Gasteiger charge is -2.38. The fourth-order valence-electron chi connectivity index (χ4n) is 2.84. The molecule has 0 aliphatic carbocycles. The van der Waals surface area contributed by atoms with Crippen LogP contribution in [0.2, 0.25) is 0 Å². The van der Waals surface area contributed by atoms with Crippen LogP contribution in [0.15, 0.2) is 22.7 Å². The summed E-state index contributed by atoms with van der Waals surface area (Å²) in [6.07, 6.45) is 2.32. The van der Waals surface area contributed by atoms with E-state index in [2.05, 4.69) is 45.8 Å². The van der Waals surface area contributed by atoms with Crippen molar-refractivity contribution in [3.8, 4) is 0 Å². The molecule has 1 aliphatic rings. The molecule has 1 heterocycles. The minimum atomic E-state index is 0.130. The molecule has 0 radical (unpaired) electrons. The fourth-order valence-corrected chi connectivity index (χ4v) is 3.19. The summed E-state index contributed by atoms with van der Waals surface area (Å²) < 4.78 is 1.02. The van der Waals surface area contributed by atoms with Gasteiger partial charge in [-0.05, 0) is 37.6 Å². The van der Waals surface area contributed by atoms with Gasteiger partial charge in [-0.25, -0.2) is 0 Å². The normalized spacial score (nSPS) is 17.1. The Bertz CT molecular complexity index is 481. The van der Waals surface area contributed by atoms with E-state index in [9.17, 15) is 0 Å². The Morgan fingerprint density at radius 2 is 2.10 bits per heavy atom. The van der Waals surface area contributed by atoms with E-state index in [1.165, 1.54) is 0 Å². The third kappa shape index (κ3) is 3.33. The number of rotatable bonds is 4. The lowest BCUT2D eigenvalue weighted by molar-refractivity contribution is 0.221. The maximum atomic E-state index is 7.74. The summed E-state index contributed by atoms with van der Waals surface area (Å²) in [6.45, 7) is 5.64. The third-order valence-electron chi connectivity index (χ3n) is 4.18. The lowest BCUT2D eigenvalue weighted by Crippen LogP contribution is -2.43. The Balaban J connectivity index is 2.18. The van der Waals surface area contributed by atoms with Crippen LogP contribution in [0.4, 0.5) is 5.69 Å². The first-order chi connectivity index (χ1) is 9.52. The molecule has 1 aromatic carbocycles. The van der Waals surface area contributed by atoms with Crippen LogP contribution >= 0.6 is 15.9 Å². The molecular weight excluding hydrogens is 316 g/mol. The van der Waals surface area contributed by atoms with Crippen molar-refractivity contribution in [2.75, 3.05) is 31.6 Å². The van der Waals surface area contributed by atoms with E-state index >= 15 is 0 Å². The number of nitrogens with one attached hydrogen (secondary N) is 1. The first kappa shape index (κ1) is 15.3. The van der Waals surface area contributed by atoms with Gasteiger partial charge >= 0.3 is 0 Å². The maximum absolute atomic E-state index is 7.74. The summed E-state index contributed by atoms with van der Waals surface area (Å²) in [4.78, 5) is 4.77. The second kappa shape index (κ2) is 6.59. The first-order valence-corrected chi connectivity index (χ1v) is 7.91. The average Bonchev–Trinajstić information content (AvgIpc) is 2.46. The van der Waals surface area contributed by atoms with Crippen molar-refractivity contribution in [1.29, 1.82) is 5.41 Å². The van der Waals surface area contributed by atoms with Crippen LogP contribution in [0, 0.1) is 5.41 Å². The number of benzene rings is 1. The van der Waals surface area contributed by atoms with E-state index in [0.717, 1.165) is 48.2 Å². The molecule has 0 saturated carbocycles. The van der Waals surface area contributed by atoms with Gasteiger partial charge in [-0.2, -0.15) is 0 Å². The van der Waals surface area contributed by atoms with Crippen LogP contribution in [0.5, 0.6) is 0 Å². The number of likely N-dealkylation sites (tertiary alicyclic amines) is 1. The van der Waals surface area contributed by atoms with E-state index in [-0.39, 0.29) is 5.84 Å². The van der Waals surface area contributed by atoms with Gasteiger partial charge in [0.15, 0.2) is 0 Å². The van der Waals surface area contributed by atoms with Crippen LogP contribution in [-0.2, 0) is 0 Å². The zero-order chi connectivity index (χ0) is 14.7. The molecule has 2 rings (SSSR count). The number of piperidine rings is 1. The van der Waals surface area contributed by atoms with E-state index in [1.807, 2.05) is 12.1 Å². The van der Waals surface area contributed by atoms with Gasteiger partial charge in [-0.1, -0.05) is 22.9 Å². The Kier molecular flexibility index (Phi) is 5.05. The van der Waals surface area contributed by atoms with Gasteiger partial charge in [0.05, 0.1) is 0 Å². The Morgan fingerprint density at radius 1 is 1.45 bits per heavy atom. The molecule has 1 aromatic rings. The Hall–Kier alpha value is -1.07. The second-order valence-electron chi connectivity index (χ2n) is 5.35. The van der Waals surface area contributed by atoms with Crippen LogP contribution in [-0.4, -0.2) is 43.5 Å². The zero-order valence-electron chi connectivity index (χ0n) is 12.2. The quantitative estimate of drug-likeness (QED) is 0.655. The molecule has 1 fully saturated rings. The van der Waals surface area contributed by atoms with Crippen molar-refractivity contribution in [1.82, 2.24) is 4.90 Å². The molecule has 4 nitrogen and oxygen atoms in total. The number of nitrogen functional groups attached to an aromatic ring is 1. The van der Waals surface area contributed by atoms with Gasteiger partial charge in [0.25, 0.3) is 0 Å². The number of hydrogen-bond acceptors (Lipinski definition) is 3. The fraction of sp³-hybridized carbons (Fsp3) is 0.533. The molecule has 0 amide bonds. The van der Waals surface area contributed by atoms with Crippen molar-refractivity contribution in [3.05, 3.63) is 28.2 Å². The van der Waals surface area contributed by atoms with Gasteiger partial charge in [0.2, 0.25) is 0 Å². The summed E-state index contributed by atoms with van der Waals surface area (Å²) in [5.41, 5.74) is 7.57. The van der Waals surface area contributed by atoms with Crippen LogP contribution in [0.1, 0.15) is 25.3 Å². The molecular formula is C15H23BrN4. The Labute approximate surface area is 129 Å². The predicted molar refractivity (Wildman–Crippen MR) is 88.7 cm³/mol. The summed E-state index contributed by atoms with van der Waals surface area (Å²) >= 11 is 3.51. The van der Waals surface area contributed by atoms with E-state index in [4.69, 9.17) is 11.1 Å². The van der Waals surface area contributed by atoms with Crippen LogP contribution < -0.4 is 10.6 Å². The van der Waals surface area contributed by atoms with Gasteiger partial charge < -0.3 is 15.5 Å². The molecule has 1 saturated heterocycles. The molecule has 0 unspecified atom stereocenters. The average molecular weight is 339 g/mol. The number of hydrogen-bond donors (Lipinski definition) is 2. The number of anilines is 1. The number of halogens is 1. The molecule has 1 aliphatic heterocycles. The monoisotopic (exact) mass is 338 g/mol. The van der Waals surface area contributed by atoms with Crippen molar-refractivity contribution >= 4 is 27.5 Å². The molecule has 110 valence electrons. The Morgan fingerprint density at radius 3 is 2.65 bits per heavy atom. The topological polar surface area (TPSA) is 56.4 Å². The van der Waals surface area contributed by atoms with Gasteiger partial charge in [-0.3, -0.25) is 5.41 Å². The maximum Gasteiger partial charge on any atom is 0.124 e. The highest BCUT2D eigenvalue weighted by atomic mass is 79.9. The highest BCUT2D eigenvalue weighted by Gasteiger charge is 2.23. The van der Waals surface area contributed by atoms with Gasteiger partial charge in [0, 0.05) is 41.9 Å². The molecule has 0 spiro atoms. The molecule has 5 heteroatoms. The summed E-state index contributed by atoms with van der Waals surface area (Å²) in [7, 11) is 2.11. The highest BCUT2D eigenvalue weighted by molar-refractivity contribution is 9.10. The SMILES string of the molecule is CCN1CCC(N(C)c2cc(Br)ccc2C(=N)N)CC1. The molecule has 20 heavy (non-hydrogen) atoms. The summed E-state index contributed by atoms with van der Waals surface area (Å²) in [5, 5.41) is 7.74. The molecule has 0 aromatic heterocycles. The molecule has 0 bridgehead atoms. The minimum Gasteiger partial charge on any atom is -0.384 e. The zero-order valence-corrected chi connectivity index (χ0v) is 13.8. The smallest absolute Gasteiger partial charge is 0.124 e. The highest BCUT2D eigenvalue weighted by Crippen LogP contribution is 2.28. The van der Waals surface area contributed by atoms with Crippen LogP contribution in [0.25, 0.3) is 0 Å². The second-order valence-corrected chi connectivity index (χ2v) is 6.27. The number of nitrogens with two attached hydrogens (primary N) is 1. The largest absolute Gasteiger partial charge is 0.384 e. The predicted octanol–water partition coefficient (Wildman–Crippen LogP) is 2.65. The third-order valence-corrected chi connectivity index (χ3v) is 4.68. The van der Waals surface area contributed by atoms with E-state index < -0.39 is 0 Å². The van der Waals surface area contributed by atoms with Crippen LogP contribution in [0.3, 0.4) is 0 Å². The van der Waals surface area contributed by atoms with Crippen molar-refractivity contribution < 1.29 is 0 Å². The number of nitrogens with zero attached hydrogens (tertiary/aromatic N) is 2. The van der Waals surface area contributed by atoms with E-state index in [0.29, 0.717) is 6.04 Å². The summed E-state index contributed by atoms with van der Waals surface area (Å²) in [6, 6.07) is 6.43. The van der Waals surface area contributed by atoms with Crippen molar-refractivity contribution in [3.63, 3.8) is 0 Å².